The van der Waals surface area contributed by atoms with Gasteiger partial charge in [-0.15, -0.1) is 0 Å². The van der Waals surface area contributed by atoms with Crippen molar-refractivity contribution in [1.29, 1.82) is 0 Å². The minimum atomic E-state index is -0.558. The van der Waals surface area contributed by atoms with Crippen molar-refractivity contribution in [3.05, 3.63) is 71.8 Å². The van der Waals surface area contributed by atoms with Gasteiger partial charge in [-0.2, -0.15) is 0 Å². The van der Waals surface area contributed by atoms with Gasteiger partial charge >= 0.3 is 0 Å². The van der Waals surface area contributed by atoms with Crippen LogP contribution in [0, 0.1) is 0 Å². The maximum Gasteiger partial charge on any atom is 0.244 e. The lowest BCUT2D eigenvalue weighted by Crippen LogP contribution is -2.50. The minimum absolute atomic E-state index is 0.0237. The molecule has 0 spiro atoms. The molecule has 4 heteroatoms. The van der Waals surface area contributed by atoms with Gasteiger partial charge in [0.1, 0.15) is 6.04 Å². The molecule has 2 N–H and O–H groups in total. The summed E-state index contributed by atoms with van der Waals surface area (Å²) < 4.78 is 0. The summed E-state index contributed by atoms with van der Waals surface area (Å²) in [6.45, 7) is 4.20. The van der Waals surface area contributed by atoms with Crippen LogP contribution in [0.5, 0.6) is 0 Å². The van der Waals surface area contributed by atoms with E-state index in [9.17, 15) is 4.79 Å². The van der Waals surface area contributed by atoms with Gasteiger partial charge in [-0.05, 0) is 11.1 Å². The number of hydrogen-bond acceptors (Lipinski definition) is 3. The lowest BCUT2D eigenvalue weighted by Gasteiger charge is -2.36. The van der Waals surface area contributed by atoms with Crippen LogP contribution in [0.15, 0.2) is 60.7 Å². The zero-order valence-electron chi connectivity index (χ0n) is 13.3. The highest BCUT2D eigenvalue weighted by atomic mass is 16.2. The summed E-state index contributed by atoms with van der Waals surface area (Å²) >= 11 is 0. The Morgan fingerprint density at radius 3 is 2.09 bits per heavy atom. The van der Waals surface area contributed by atoms with Crippen LogP contribution in [-0.4, -0.2) is 41.9 Å². The molecule has 0 bridgehead atoms. The van der Waals surface area contributed by atoms with E-state index in [1.54, 1.807) is 0 Å². The fraction of sp³-hybridized carbons (Fsp3) is 0.316. The monoisotopic (exact) mass is 309 g/mol. The van der Waals surface area contributed by atoms with E-state index in [-0.39, 0.29) is 5.91 Å². The Morgan fingerprint density at radius 2 is 1.48 bits per heavy atom. The molecule has 1 saturated heterocycles. The average Bonchev–Trinajstić information content (AvgIpc) is 2.63. The van der Waals surface area contributed by atoms with Crippen molar-refractivity contribution in [2.24, 2.45) is 5.73 Å². The predicted molar refractivity (Wildman–Crippen MR) is 91.7 cm³/mol. The number of hydrogen-bond donors (Lipinski definition) is 1. The van der Waals surface area contributed by atoms with Crippen molar-refractivity contribution < 1.29 is 4.79 Å². The molecule has 1 fully saturated rings. The van der Waals surface area contributed by atoms with Gasteiger partial charge in [0.2, 0.25) is 5.91 Å². The summed E-state index contributed by atoms with van der Waals surface area (Å²) in [7, 11) is 0. The van der Waals surface area contributed by atoms with Gasteiger partial charge in [-0.3, -0.25) is 9.69 Å². The van der Waals surface area contributed by atoms with Gasteiger partial charge in [0, 0.05) is 32.7 Å². The van der Waals surface area contributed by atoms with Crippen LogP contribution < -0.4 is 5.73 Å². The molecule has 1 aliphatic rings. The average molecular weight is 309 g/mol. The molecule has 120 valence electrons. The molecule has 1 aliphatic heterocycles. The van der Waals surface area contributed by atoms with Crippen LogP contribution in [0.4, 0.5) is 0 Å². The molecule has 23 heavy (non-hydrogen) atoms. The number of rotatable bonds is 4. The first kappa shape index (κ1) is 15.7. The maximum atomic E-state index is 12.5. The van der Waals surface area contributed by atoms with E-state index >= 15 is 0 Å². The zero-order valence-corrected chi connectivity index (χ0v) is 13.3. The molecule has 1 atom stereocenters. The Hall–Kier alpha value is -2.17. The van der Waals surface area contributed by atoms with E-state index in [0.29, 0.717) is 0 Å². The van der Waals surface area contributed by atoms with Gasteiger partial charge in [0.15, 0.2) is 0 Å². The standard InChI is InChI=1S/C19H23N3O/c20-18(17-9-5-2-6-10-17)19(23)22-13-11-21(12-14-22)15-16-7-3-1-4-8-16/h1-10,18H,11-15,20H2. The van der Waals surface area contributed by atoms with Gasteiger partial charge < -0.3 is 10.6 Å². The van der Waals surface area contributed by atoms with Crippen LogP contribution in [0.2, 0.25) is 0 Å². The highest BCUT2D eigenvalue weighted by molar-refractivity contribution is 5.83. The van der Waals surface area contributed by atoms with Crippen molar-refractivity contribution in [1.82, 2.24) is 9.80 Å². The molecule has 1 heterocycles. The fourth-order valence-corrected chi connectivity index (χ4v) is 2.97. The smallest absolute Gasteiger partial charge is 0.244 e. The highest BCUT2D eigenvalue weighted by Crippen LogP contribution is 2.15. The summed E-state index contributed by atoms with van der Waals surface area (Å²) in [5, 5.41) is 0. The van der Waals surface area contributed by atoms with E-state index in [2.05, 4.69) is 29.2 Å². The molecule has 3 rings (SSSR count). The molecule has 1 unspecified atom stereocenters. The largest absolute Gasteiger partial charge is 0.338 e. The Bertz CT molecular complexity index is 622. The van der Waals surface area contributed by atoms with Crippen LogP contribution in [0.1, 0.15) is 17.2 Å². The van der Waals surface area contributed by atoms with Crippen molar-refractivity contribution in [2.75, 3.05) is 26.2 Å². The first-order valence-electron chi connectivity index (χ1n) is 8.09. The Balaban J connectivity index is 1.53. The Morgan fingerprint density at radius 1 is 0.913 bits per heavy atom. The van der Waals surface area contributed by atoms with E-state index in [1.165, 1.54) is 5.56 Å². The van der Waals surface area contributed by atoms with Crippen LogP contribution in [0.3, 0.4) is 0 Å². The third kappa shape index (κ3) is 3.97. The van der Waals surface area contributed by atoms with Crippen LogP contribution in [0.25, 0.3) is 0 Å². The van der Waals surface area contributed by atoms with Gasteiger partial charge in [-0.1, -0.05) is 60.7 Å². The van der Waals surface area contributed by atoms with Crippen molar-refractivity contribution in [2.45, 2.75) is 12.6 Å². The van der Waals surface area contributed by atoms with Crippen molar-refractivity contribution >= 4 is 5.91 Å². The molecular weight excluding hydrogens is 286 g/mol. The third-order valence-corrected chi connectivity index (χ3v) is 4.36. The maximum absolute atomic E-state index is 12.5. The molecule has 0 aliphatic carbocycles. The number of amides is 1. The number of nitrogens with zero attached hydrogens (tertiary/aromatic N) is 2. The first-order chi connectivity index (χ1) is 11.2. The quantitative estimate of drug-likeness (QED) is 0.940. The van der Waals surface area contributed by atoms with Gasteiger partial charge in [-0.25, -0.2) is 0 Å². The molecule has 0 saturated carbocycles. The number of carbonyl (C=O) groups is 1. The fourth-order valence-electron chi connectivity index (χ4n) is 2.97. The summed E-state index contributed by atoms with van der Waals surface area (Å²) in [5.74, 6) is 0.0237. The predicted octanol–water partition coefficient (Wildman–Crippen LogP) is 2.03. The number of benzene rings is 2. The van der Waals surface area contributed by atoms with Crippen LogP contribution >= 0.6 is 0 Å². The molecule has 4 nitrogen and oxygen atoms in total. The zero-order chi connectivity index (χ0) is 16.1. The Kier molecular flexibility index (Phi) is 5.05. The molecule has 2 aromatic rings. The first-order valence-corrected chi connectivity index (χ1v) is 8.09. The topological polar surface area (TPSA) is 49.6 Å². The summed E-state index contributed by atoms with van der Waals surface area (Å²) in [6, 6.07) is 19.5. The summed E-state index contributed by atoms with van der Waals surface area (Å²) in [4.78, 5) is 16.8. The summed E-state index contributed by atoms with van der Waals surface area (Å²) in [6.07, 6.45) is 0. The Labute approximate surface area is 137 Å². The second-order valence-electron chi connectivity index (χ2n) is 5.98. The van der Waals surface area contributed by atoms with Crippen molar-refractivity contribution in [3.63, 3.8) is 0 Å². The van der Waals surface area contributed by atoms with E-state index in [1.807, 2.05) is 41.3 Å². The number of carbonyl (C=O) groups excluding carboxylic acids is 1. The SMILES string of the molecule is NC(C(=O)N1CCN(Cc2ccccc2)CC1)c1ccccc1. The van der Waals surface area contributed by atoms with E-state index in [4.69, 9.17) is 5.73 Å². The van der Waals surface area contributed by atoms with Gasteiger partial charge in [0.25, 0.3) is 0 Å². The molecule has 1 amide bonds. The third-order valence-electron chi connectivity index (χ3n) is 4.36. The lowest BCUT2D eigenvalue weighted by atomic mass is 10.1. The second kappa shape index (κ2) is 7.40. The second-order valence-corrected chi connectivity index (χ2v) is 5.98. The summed E-state index contributed by atoms with van der Waals surface area (Å²) in [5.41, 5.74) is 8.31. The molecule has 2 aromatic carbocycles. The van der Waals surface area contributed by atoms with Crippen LogP contribution in [-0.2, 0) is 11.3 Å². The van der Waals surface area contributed by atoms with Gasteiger partial charge in [0.05, 0.1) is 0 Å². The highest BCUT2D eigenvalue weighted by Gasteiger charge is 2.25. The number of nitrogens with two attached hydrogens (primary N) is 1. The lowest BCUT2D eigenvalue weighted by molar-refractivity contribution is -0.134. The van der Waals surface area contributed by atoms with E-state index < -0.39 is 6.04 Å². The minimum Gasteiger partial charge on any atom is -0.338 e. The molecule has 0 aromatic heterocycles. The molecule has 0 radical (unpaired) electrons. The number of piperazine rings is 1. The van der Waals surface area contributed by atoms with Crippen molar-refractivity contribution in [3.8, 4) is 0 Å². The molecular formula is C19H23N3O. The van der Waals surface area contributed by atoms with E-state index in [0.717, 1.165) is 38.3 Å². The normalized spacial score (nSPS) is 17.0.